The van der Waals surface area contributed by atoms with Crippen LogP contribution in [0.3, 0.4) is 0 Å². The summed E-state index contributed by atoms with van der Waals surface area (Å²) in [6.07, 6.45) is -1.31. The van der Waals surface area contributed by atoms with E-state index < -0.39 is 24.1 Å². The molecule has 0 fully saturated rings. The van der Waals surface area contributed by atoms with Crippen molar-refractivity contribution in [3.05, 3.63) is 131 Å². The number of carbonyl (C=O) groups excluding carboxylic acids is 2. The van der Waals surface area contributed by atoms with Gasteiger partial charge in [0.15, 0.2) is 0 Å². The van der Waals surface area contributed by atoms with E-state index in [0.717, 1.165) is 33.8 Å². The predicted molar refractivity (Wildman–Crippen MR) is 159 cm³/mol. The van der Waals surface area contributed by atoms with Crippen molar-refractivity contribution in [2.45, 2.75) is 38.3 Å². The maximum absolute atomic E-state index is 10.8. The molecule has 0 aromatic heterocycles. The molecule has 0 heterocycles. The van der Waals surface area contributed by atoms with Crippen LogP contribution in [-0.2, 0) is 45.1 Å². The van der Waals surface area contributed by atoms with Gasteiger partial charge in [-0.1, -0.05) is 84.9 Å². The van der Waals surface area contributed by atoms with Crippen molar-refractivity contribution in [3.8, 4) is 11.5 Å². The number of ether oxygens (including phenoxy) is 4. The van der Waals surface area contributed by atoms with E-state index in [-0.39, 0.29) is 35.9 Å². The molecule has 4 rings (SSSR count). The van der Waals surface area contributed by atoms with Crippen molar-refractivity contribution in [3.63, 3.8) is 0 Å². The molecule has 220 valence electrons. The Labute approximate surface area is 268 Å². The van der Waals surface area contributed by atoms with Crippen LogP contribution in [0.4, 0.5) is 0 Å². The molecule has 43 heavy (non-hydrogen) atoms. The van der Waals surface area contributed by atoms with Crippen molar-refractivity contribution in [2.24, 2.45) is 0 Å². The van der Waals surface area contributed by atoms with E-state index >= 15 is 0 Å². The van der Waals surface area contributed by atoms with Gasteiger partial charge in [-0.15, -0.1) is 0 Å². The molecule has 8 nitrogen and oxygen atoms in total. The molecule has 0 saturated carbocycles. The molecule has 0 aliphatic carbocycles. The molecule has 0 saturated heterocycles. The van der Waals surface area contributed by atoms with Gasteiger partial charge in [-0.2, -0.15) is 0 Å². The molecule has 4 aromatic rings. The van der Waals surface area contributed by atoms with E-state index in [1.54, 1.807) is 0 Å². The van der Waals surface area contributed by atoms with Gasteiger partial charge in [-0.05, 0) is 46.5 Å². The summed E-state index contributed by atoms with van der Waals surface area (Å²) < 4.78 is 21.0. The van der Waals surface area contributed by atoms with Crippen LogP contribution >= 0.6 is 0 Å². The molecule has 0 bridgehead atoms. The first-order valence-electron chi connectivity index (χ1n) is 13.4. The monoisotopic (exact) mass is 594 g/mol. The predicted octanol–water partition coefficient (Wildman–Crippen LogP) is 2.77. The van der Waals surface area contributed by atoms with Gasteiger partial charge in [0.25, 0.3) is 0 Å². The minimum absolute atomic E-state index is 0. The second-order valence-electron chi connectivity index (χ2n) is 9.33. The fourth-order valence-corrected chi connectivity index (χ4v) is 3.88. The molecule has 0 spiro atoms. The Bertz CT molecular complexity index is 1240. The second kappa shape index (κ2) is 19.3. The third-order valence-corrected chi connectivity index (χ3v) is 6.28. The van der Waals surface area contributed by atoms with Gasteiger partial charge in [0.05, 0.1) is 11.9 Å². The molecule has 0 aliphatic rings. The van der Waals surface area contributed by atoms with Crippen molar-refractivity contribution in [1.29, 1.82) is 0 Å². The maximum Gasteiger partial charge on any atom is 2.00 e. The van der Waals surface area contributed by atoms with Crippen molar-refractivity contribution >= 4 is 35.0 Å². The first-order valence-corrected chi connectivity index (χ1v) is 13.4. The van der Waals surface area contributed by atoms with E-state index in [0.29, 0.717) is 13.2 Å². The van der Waals surface area contributed by atoms with E-state index in [2.05, 4.69) is 0 Å². The summed E-state index contributed by atoms with van der Waals surface area (Å²) >= 11 is 0. The van der Waals surface area contributed by atoms with Crippen LogP contribution in [0.2, 0.25) is 0 Å². The van der Waals surface area contributed by atoms with Gasteiger partial charge < -0.3 is 38.7 Å². The molecule has 0 N–H and O–H groups in total. The van der Waals surface area contributed by atoms with Crippen LogP contribution in [-0.4, -0.2) is 61.4 Å². The number of hydrogen-bond acceptors (Lipinski definition) is 8. The zero-order valence-electron chi connectivity index (χ0n) is 24.3. The minimum Gasteiger partial charge on any atom is -0.547 e. The van der Waals surface area contributed by atoms with Crippen LogP contribution < -0.4 is 19.7 Å². The molecular formula is C34H34MgO8. The Balaban J connectivity index is 0.000000293. The van der Waals surface area contributed by atoms with Crippen LogP contribution in [0.5, 0.6) is 11.5 Å². The SMILES string of the molecule is COC(Cc1ccc(OCc2ccccc2)cc1)C(=O)[O-].COC(Cc1ccc(OCc2ccccc2)cc1)C(=O)[O-].[Mg+2]. The molecule has 9 heteroatoms. The number of hydrogen-bond donors (Lipinski definition) is 0. The van der Waals surface area contributed by atoms with Gasteiger partial charge in [0, 0.05) is 27.1 Å². The first kappa shape index (κ1) is 35.3. The fourth-order valence-electron chi connectivity index (χ4n) is 3.88. The Hall–Kier alpha value is -3.89. The third kappa shape index (κ3) is 12.9. The quantitative estimate of drug-likeness (QED) is 0.205. The molecule has 0 aliphatic heterocycles. The number of carboxylic acids is 2. The molecule has 2 unspecified atom stereocenters. The van der Waals surface area contributed by atoms with E-state index in [9.17, 15) is 19.8 Å². The van der Waals surface area contributed by atoms with Crippen LogP contribution in [0, 0.1) is 0 Å². The van der Waals surface area contributed by atoms with Crippen molar-refractivity contribution in [2.75, 3.05) is 14.2 Å². The molecule has 2 atom stereocenters. The number of methoxy groups -OCH3 is 2. The standard InChI is InChI=1S/2C17H18O4.Mg/c2*1-20-16(17(18)19)11-13-7-9-15(10-8-13)21-12-14-5-3-2-4-6-14;/h2*2-10,16H,11-12H2,1H3,(H,18,19);/q;;+2/p-2. The summed E-state index contributed by atoms with van der Waals surface area (Å²) in [4.78, 5) is 21.6. The number of carboxylic acid groups (broad SMARTS) is 2. The zero-order chi connectivity index (χ0) is 30.2. The van der Waals surface area contributed by atoms with E-state index in [1.807, 2.05) is 109 Å². The van der Waals surface area contributed by atoms with Crippen LogP contribution in [0.15, 0.2) is 109 Å². The Kier molecular flexibility index (Phi) is 15.9. The summed E-state index contributed by atoms with van der Waals surface area (Å²) in [5, 5.41) is 21.6. The Morgan fingerprint density at radius 1 is 0.535 bits per heavy atom. The van der Waals surface area contributed by atoms with Crippen LogP contribution in [0.1, 0.15) is 22.3 Å². The number of aliphatic carboxylic acids is 2. The zero-order valence-corrected chi connectivity index (χ0v) is 25.8. The summed E-state index contributed by atoms with van der Waals surface area (Å²) in [7, 11) is 2.72. The fraction of sp³-hybridized carbons (Fsp3) is 0.235. The summed E-state index contributed by atoms with van der Waals surface area (Å²) in [6, 6.07) is 34.4. The van der Waals surface area contributed by atoms with Crippen molar-refractivity contribution in [1.82, 2.24) is 0 Å². The van der Waals surface area contributed by atoms with Gasteiger partial charge in [0.2, 0.25) is 0 Å². The smallest absolute Gasteiger partial charge is 0.547 e. The van der Waals surface area contributed by atoms with Gasteiger partial charge >= 0.3 is 23.1 Å². The van der Waals surface area contributed by atoms with Gasteiger partial charge in [-0.25, -0.2) is 0 Å². The van der Waals surface area contributed by atoms with Crippen LogP contribution in [0.25, 0.3) is 0 Å². The molecule has 0 radical (unpaired) electrons. The Morgan fingerprint density at radius 2 is 0.860 bits per heavy atom. The summed E-state index contributed by atoms with van der Waals surface area (Å²) in [6.45, 7) is 1.000. The van der Waals surface area contributed by atoms with Crippen molar-refractivity contribution < 1.29 is 38.7 Å². The average Bonchev–Trinajstić information content (AvgIpc) is 3.02. The second-order valence-corrected chi connectivity index (χ2v) is 9.33. The summed E-state index contributed by atoms with van der Waals surface area (Å²) in [5.74, 6) is -0.932. The van der Waals surface area contributed by atoms with Gasteiger partial charge in [0.1, 0.15) is 36.9 Å². The third-order valence-electron chi connectivity index (χ3n) is 6.28. The topological polar surface area (TPSA) is 117 Å². The van der Waals surface area contributed by atoms with Gasteiger partial charge in [-0.3, -0.25) is 0 Å². The van der Waals surface area contributed by atoms with E-state index in [1.165, 1.54) is 14.2 Å². The molecule has 4 aromatic carbocycles. The Morgan fingerprint density at radius 3 is 1.14 bits per heavy atom. The minimum atomic E-state index is -1.21. The number of carbonyl (C=O) groups is 2. The maximum atomic E-state index is 10.8. The summed E-state index contributed by atoms with van der Waals surface area (Å²) in [5.41, 5.74) is 3.91. The largest absolute Gasteiger partial charge is 2.00 e. The molecular weight excluding hydrogens is 561 g/mol. The number of benzene rings is 4. The average molecular weight is 595 g/mol. The number of rotatable bonds is 14. The first-order chi connectivity index (χ1) is 20.4. The normalized spacial score (nSPS) is 11.6. The molecule has 0 amide bonds. The van der Waals surface area contributed by atoms with E-state index in [4.69, 9.17) is 18.9 Å².